The molecule has 0 unspecified atom stereocenters. The second-order valence-corrected chi connectivity index (χ2v) is 16.5. The highest BCUT2D eigenvalue weighted by Gasteiger charge is 2.51. The minimum atomic E-state index is -4.00. The standard InChI is InChI=1S/C40H39IN6O6S/c1-3-20-44-26-37(49)46-35(22-28-11-15-33(48)16-12-28)39(50)43(25-36(46)47(44)40(51)42-23-29-9-13-32(41)14-10-29)24-31-6-4-5-30-19-21-45(38(30)31)54(52,53)34-17-7-27(2)8-18-34/h3-19,21,35-36,48H,1,20,22-26H2,2H3,(H,42,51)/t35-,36-/m0/s1. The first-order valence-corrected chi connectivity index (χ1v) is 19.9. The van der Waals surface area contributed by atoms with Gasteiger partial charge in [-0.2, -0.15) is 0 Å². The molecule has 0 saturated carbocycles. The number of urea groups is 1. The van der Waals surface area contributed by atoms with Gasteiger partial charge in [0.1, 0.15) is 18.0 Å². The predicted octanol–water partition coefficient (Wildman–Crippen LogP) is 5.23. The van der Waals surface area contributed by atoms with Crippen molar-refractivity contribution in [1.82, 2.24) is 29.1 Å². The van der Waals surface area contributed by atoms with Gasteiger partial charge in [-0.25, -0.2) is 27.2 Å². The van der Waals surface area contributed by atoms with Gasteiger partial charge in [0, 0.05) is 41.2 Å². The lowest BCUT2D eigenvalue weighted by atomic mass is 9.98. The van der Waals surface area contributed by atoms with Crippen LogP contribution in [0.25, 0.3) is 10.9 Å². The number of para-hydroxylation sites is 1. The topological polar surface area (TPSA) is 136 Å². The van der Waals surface area contributed by atoms with Gasteiger partial charge in [0.2, 0.25) is 11.8 Å². The van der Waals surface area contributed by atoms with E-state index in [-0.39, 0.29) is 61.6 Å². The molecule has 278 valence electrons. The SMILES string of the molecule is C=CCN1CC(=O)N2[C@@H](Cc3ccc(O)cc3)C(=O)N(Cc3cccc4ccn(S(=O)(=O)c5ccc(C)cc5)c34)C[C@@H]2N1C(=O)NCc1ccc(I)cc1. The average molecular weight is 859 g/mol. The molecule has 2 aliphatic rings. The molecule has 4 aromatic carbocycles. The van der Waals surface area contributed by atoms with Crippen molar-refractivity contribution in [2.45, 2.75) is 43.5 Å². The molecule has 5 aromatic rings. The second kappa shape index (κ2) is 15.3. The molecule has 7 rings (SSSR count). The number of hydrazine groups is 1. The Morgan fingerprint density at radius 1 is 0.963 bits per heavy atom. The monoisotopic (exact) mass is 858 g/mol. The van der Waals surface area contributed by atoms with Crippen LogP contribution in [0.2, 0.25) is 0 Å². The number of nitrogens with one attached hydrogen (secondary N) is 1. The highest BCUT2D eigenvalue weighted by molar-refractivity contribution is 14.1. The number of fused-ring (bicyclic) bond motifs is 2. The maximum Gasteiger partial charge on any atom is 0.334 e. The van der Waals surface area contributed by atoms with Gasteiger partial charge in [0.15, 0.2) is 0 Å². The third kappa shape index (κ3) is 7.32. The smallest absolute Gasteiger partial charge is 0.334 e. The van der Waals surface area contributed by atoms with E-state index in [1.54, 1.807) is 64.5 Å². The van der Waals surface area contributed by atoms with Gasteiger partial charge in [0.05, 0.1) is 23.5 Å². The van der Waals surface area contributed by atoms with E-state index in [1.165, 1.54) is 32.2 Å². The number of halogens is 1. The Morgan fingerprint density at radius 2 is 1.67 bits per heavy atom. The van der Waals surface area contributed by atoms with Crippen LogP contribution in [0.3, 0.4) is 0 Å². The summed E-state index contributed by atoms with van der Waals surface area (Å²) in [7, 11) is -4.00. The average Bonchev–Trinajstić information content (AvgIpc) is 3.60. The van der Waals surface area contributed by atoms with Crippen molar-refractivity contribution < 1.29 is 27.9 Å². The van der Waals surface area contributed by atoms with Crippen LogP contribution in [0.15, 0.2) is 121 Å². The Balaban J connectivity index is 1.28. The molecule has 0 bridgehead atoms. The normalized spacial score (nSPS) is 17.9. The Labute approximate surface area is 327 Å². The first-order chi connectivity index (χ1) is 25.9. The molecule has 2 fully saturated rings. The Kier molecular flexibility index (Phi) is 10.5. The molecule has 0 aliphatic carbocycles. The number of rotatable bonds is 10. The van der Waals surface area contributed by atoms with E-state index in [4.69, 9.17) is 0 Å². The Hall–Kier alpha value is -5.19. The molecule has 2 atom stereocenters. The molecular weight excluding hydrogens is 819 g/mol. The number of nitrogens with zero attached hydrogens (tertiary/aromatic N) is 5. The Morgan fingerprint density at radius 3 is 2.37 bits per heavy atom. The van der Waals surface area contributed by atoms with Gasteiger partial charge in [-0.3, -0.25) is 9.59 Å². The first kappa shape index (κ1) is 37.1. The molecule has 4 amide bonds. The van der Waals surface area contributed by atoms with Crippen LogP contribution in [0.1, 0.15) is 22.3 Å². The number of amides is 4. The fraction of sp³-hybridized carbons (Fsp3) is 0.225. The van der Waals surface area contributed by atoms with Crippen LogP contribution >= 0.6 is 22.6 Å². The molecule has 12 nitrogen and oxygen atoms in total. The molecule has 0 radical (unpaired) electrons. The van der Waals surface area contributed by atoms with Gasteiger partial charge in [-0.15, -0.1) is 6.58 Å². The van der Waals surface area contributed by atoms with E-state index in [9.17, 15) is 27.9 Å². The number of aromatic nitrogens is 1. The van der Waals surface area contributed by atoms with Gasteiger partial charge in [0.25, 0.3) is 10.0 Å². The molecule has 2 saturated heterocycles. The molecule has 1 aromatic heterocycles. The molecular formula is C40H39IN6O6S. The zero-order valence-electron chi connectivity index (χ0n) is 29.5. The van der Waals surface area contributed by atoms with E-state index in [1.807, 2.05) is 43.3 Å². The summed E-state index contributed by atoms with van der Waals surface area (Å²) in [4.78, 5) is 46.1. The van der Waals surface area contributed by atoms with Crippen molar-refractivity contribution >= 4 is 61.4 Å². The summed E-state index contributed by atoms with van der Waals surface area (Å²) in [5.74, 6) is -0.601. The van der Waals surface area contributed by atoms with E-state index in [0.29, 0.717) is 22.0 Å². The van der Waals surface area contributed by atoms with Gasteiger partial charge in [-0.05, 0) is 88.7 Å². The first-order valence-electron chi connectivity index (χ1n) is 17.4. The van der Waals surface area contributed by atoms with Crippen LogP contribution in [0.4, 0.5) is 4.79 Å². The van der Waals surface area contributed by atoms with Crippen molar-refractivity contribution in [2.24, 2.45) is 0 Å². The van der Waals surface area contributed by atoms with Gasteiger partial charge < -0.3 is 20.2 Å². The van der Waals surface area contributed by atoms with Crippen LogP contribution in [0.5, 0.6) is 5.75 Å². The third-order valence-electron chi connectivity index (χ3n) is 9.80. The fourth-order valence-corrected chi connectivity index (χ4v) is 8.91. The van der Waals surface area contributed by atoms with Crippen LogP contribution in [0, 0.1) is 10.5 Å². The maximum absolute atomic E-state index is 14.6. The minimum Gasteiger partial charge on any atom is -0.508 e. The number of hydrogen-bond donors (Lipinski definition) is 2. The number of phenols is 1. The van der Waals surface area contributed by atoms with Crippen molar-refractivity contribution in [3.05, 3.63) is 142 Å². The van der Waals surface area contributed by atoms with E-state index in [2.05, 4.69) is 34.5 Å². The van der Waals surface area contributed by atoms with Crippen molar-refractivity contribution in [1.29, 1.82) is 0 Å². The lowest BCUT2D eigenvalue weighted by Gasteiger charge is -2.55. The zero-order valence-corrected chi connectivity index (χ0v) is 32.5. The Bertz CT molecular complexity index is 2330. The molecule has 0 spiro atoms. The van der Waals surface area contributed by atoms with Crippen molar-refractivity contribution in [2.75, 3.05) is 19.6 Å². The largest absolute Gasteiger partial charge is 0.508 e. The number of aryl methyl sites for hydroxylation is 1. The predicted molar refractivity (Wildman–Crippen MR) is 212 cm³/mol. The van der Waals surface area contributed by atoms with Gasteiger partial charge >= 0.3 is 6.03 Å². The maximum atomic E-state index is 14.6. The number of aromatic hydroxyl groups is 1. The summed E-state index contributed by atoms with van der Waals surface area (Å²) in [6.45, 7) is 6.00. The molecule has 14 heteroatoms. The summed E-state index contributed by atoms with van der Waals surface area (Å²) < 4.78 is 30.3. The van der Waals surface area contributed by atoms with E-state index < -0.39 is 28.3 Å². The lowest BCUT2D eigenvalue weighted by molar-refractivity contribution is -0.189. The van der Waals surface area contributed by atoms with E-state index in [0.717, 1.165) is 14.7 Å². The van der Waals surface area contributed by atoms with Gasteiger partial charge in [-0.1, -0.05) is 66.2 Å². The number of benzene rings is 4. The highest BCUT2D eigenvalue weighted by Crippen LogP contribution is 2.32. The number of hydrogen-bond acceptors (Lipinski definition) is 7. The highest BCUT2D eigenvalue weighted by atomic mass is 127. The minimum absolute atomic E-state index is 0.00772. The summed E-state index contributed by atoms with van der Waals surface area (Å²) in [6, 6.07) is 26.6. The molecule has 54 heavy (non-hydrogen) atoms. The number of carbonyl (C=O) groups excluding carboxylic acids is 3. The lowest BCUT2D eigenvalue weighted by Crippen LogP contribution is -2.76. The fourth-order valence-electron chi connectivity index (χ4n) is 7.15. The van der Waals surface area contributed by atoms with Crippen molar-refractivity contribution in [3.8, 4) is 5.75 Å². The molecule has 3 heterocycles. The number of phenolic OH excluding ortho intramolecular Hbond substituents is 1. The van der Waals surface area contributed by atoms with Crippen molar-refractivity contribution in [3.63, 3.8) is 0 Å². The number of piperazine rings is 1. The third-order valence-corrected chi connectivity index (χ3v) is 12.2. The second-order valence-electron chi connectivity index (χ2n) is 13.4. The van der Waals surface area contributed by atoms with Crippen LogP contribution in [-0.4, -0.2) is 87.0 Å². The van der Waals surface area contributed by atoms with Crippen LogP contribution in [-0.2, 0) is 39.1 Å². The zero-order chi connectivity index (χ0) is 38.1. The summed E-state index contributed by atoms with van der Waals surface area (Å²) in [6.07, 6.45) is 2.36. The van der Waals surface area contributed by atoms with Crippen LogP contribution < -0.4 is 5.32 Å². The summed E-state index contributed by atoms with van der Waals surface area (Å²) in [5.41, 5.74) is 3.55. The molecule has 2 N–H and O–H groups in total. The summed E-state index contributed by atoms with van der Waals surface area (Å²) >= 11 is 2.22. The van der Waals surface area contributed by atoms with E-state index >= 15 is 0 Å². The molecule has 2 aliphatic heterocycles. The summed E-state index contributed by atoms with van der Waals surface area (Å²) in [5, 5.41) is 16.8. The quantitative estimate of drug-likeness (QED) is 0.145. The number of carbonyl (C=O) groups is 3.